The van der Waals surface area contributed by atoms with Crippen LogP contribution in [0.15, 0.2) is 121 Å². The molecule has 25 nitrogen and oxygen atoms in total. The smallest absolute Gasteiger partial charge is 0.307 e. The number of carboxylic acid groups (broad SMARTS) is 2. The molecule has 0 aromatic heterocycles. The zero-order chi connectivity index (χ0) is 88.7. The Hall–Kier alpha value is -8.05. The topological polar surface area (TPSA) is 374 Å². The first-order chi connectivity index (χ1) is 56.9. The van der Waals surface area contributed by atoms with Crippen LogP contribution in [0.4, 0.5) is 0 Å². The third-order valence-corrected chi connectivity index (χ3v) is 22.1. The average molecular weight is 1700 g/mol. The number of hydrogen-bond acceptors (Lipinski definition) is 20. The summed E-state index contributed by atoms with van der Waals surface area (Å²) < 4.78 is 26.4. The lowest BCUT2D eigenvalue weighted by Crippen LogP contribution is -2.67. The highest BCUT2D eigenvalue weighted by Gasteiger charge is 2.52. The fourth-order valence-corrected chi connectivity index (χ4v) is 15.0. The normalized spacial score (nSPS) is 20.1. The molecule has 121 heavy (non-hydrogen) atoms. The van der Waals surface area contributed by atoms with Crippen LogP contribution in [0.5, 0.6) is 0 Å². The first-order valence-corrected chi connectivity index (χ1v) is 43.3. The van der Waals surface area contributed by atoms with Gasteiger partial charge in [0.25, 0.3) is 0 Å². The molecule has 0 unspecified atom stereocenters. The van der Waals surface area contributed by atoms with Crippen LogP contribution >= 0.6 is 13.5 Å². The Bertz CT molecular complexity index is 3780. The molecule has 5 saturated heterocycles. The molecule has 5 aliphatic rings. The average Bonchev–Trinajstić information content (AvgIpc) is 1.64. The fraction of sp³-hybridized carbons (Fsp3) is 0.621. The molecule has 4 aromatic carbocycles. The number of carbonyl (C=O) groups excluding carboxylic acids is 11. The number of nitrogens with one attached hydrogen (secondary N) is 3. The lowest BCUT2D eigenvalue weighted by atomic mass is 9.87. The van der Waals surface area contributed by atoms with Crippen molar-refractivity contribution in [3.63, 3.8) is 0 Å². The van der Waals surface area contributed by atoms with Crippen LogP contribution in [-0.2, 0) is 107 Å². The van der Waals surface area contributed by atoms with Crippen molar-refractivity contribution in [1.82, 2.24) is 25.8 Å². The number of carboxylic acids is 1. The second kappa shape index (κ2) is 53.9. The summed E-state index contributed by atoms with van der Waals surface area (Å²) >= 11 is 0. The first kappa shape index (κ1) is 105. The maximum absolute atomic E-state index is 14.2. The third-order valence-electron chi connectivity index (χ3n) is 22.1. The number of rotatable bonds is 47. The summed E-state index contributed by atoms with van der Waals surface area (Å²) in [5, 5.41) is 27.1. The largest absolute Gasteiger partial charge is 0.554 e. The van der Waals surface area contributed by atoms with Gasteiger partial charge in [0.15, 0.2) is 28.7 Å². The summed E-state index contributed by atoms with van der Waals surface area (Å²) in [4.78, 5) is 157. The Morgan fingerprint density at radius 2 is 0.727 bits per heavy atom. The van der Waals surface area contributed by atoms with Crippen LogP contribution < -0.4 is 26.8 Å². The quantitative estimate of drug-likeness (QED) is 0.0203. The van der Waals surface area contributed by atoms with Crippen LogP contribution in [-0.4, -0.2) is 212 Å². The maximum Gasteiger partial charge on any atom is 0.307 e. The molecule has 12 atom stereocenters. The van der Waals surface area contributed by atoms with E-state index in [4.69, 9.17) is 33.6 Å². The van der Waals surface area contributed by atoms with E-state index in [0.717, 1.165) is 35.1 Å². The Balaban J connectivity index is 0.000000390. The lowest BCUT2D eigenvalue weighted by molar-refractivity contribution is -0.406. The number of amides is 3. The molecule has 5 fully saturated rings. The Labute approximate surface area is 725 Å². The van der Waals surface area contributed by atoms with E-state index >= 15 is 0 Å². The van der Waals surface area contributed by atoms with Crippen LogP contribution in [0.2, 0.25) is 0 Å². The minimum atomic E-state index is -1.04. The zero-order valence-corrected chi connectivity index (χ0v) is 75.4. The van der Waals surface area contributed by atoms with Crippen molar-refractivity contribution in [3.8, 4) is 0 Å². The number of morpholine rings is 2. The number of nitrogens with zero attached hydrogens (tertiary/aromatic N) is 2. The van der Waals surface area contributed by atoms with Crippen molar-refractivity contribution in [2.24, 2.45) is 59.2 Å². The van der Waals surface area contributed by atoms with Crippen molar-refractivity contribution in [1.29, 1.82) is 0 Å². The van der Waals surface area contributed by atoms with Gasteiger partial charge in [-0.25, -0.2) is 0 Å². The van der Waals surface area contributed by atoms with E-state index in [1.807, 2.05) is 189 Å². The van der Waals surface area contributed by atoms with Crippen LogP contribution in [0.1, 0.15) is 190 Å². The van der Waals surface area contributed by atoms with Crippen molar-refractivity contribution in [2.45, 2.75) is 234 Å². The second-order valence-electron chi connectivity index (χ2n) is 35.8. The Morgan fingerprint density at radius 1 is 0.430 bits per heavy atom. The van der Waals surface area contributed by atoms with Gasteiger partial charge in [0.05, 0.1) is 83.4 Å². The number of aryl methyl sites for hydroxylation is 2. The van der Waals surface area contributed by atoms with Gasteiger partial charge in [-0.05, 0) is 137 Å². The van der Waals surface area contributed by atoms with E-state index in [9.17, 15) is 57.8 Å². The van der Waals surface area contributed by atoms with Crippen LogP contribution in [0, 0.1) is 59.2 Å². The molecule has 672 valence electrons. The molecule has 4 aromatic rings. The van der Waals surface area contributed by atoms with Crippen LogP contribution in [0.25, 0.3) is 0 Å². The molecule has 0 saturated carbocycles. The number of carbonyl (C=O) groups is 12. The zero-order valence-electron chi connectivity index (χ0n) is 74.4. The summed E-state index contributed by atoms with van der Waals surface area (Å²) in [6.07, 6.45) is 5.66. The predicted octanol–water partition coefficient (Wildman–Crippen LogP) is 9.23. The molecule has 0 bridgehead atoms. The van der Waals surface area contributed by atoms with Gasteiger partial charge in [-0.1, -0.05) is 197 Å². The van der Waals surface area contributed by atoms with E-state index in [1.54, 1.807) is 6.92 Å². The van der Waals surface area contributed by atoms with Crippen molar-refractivity contribution in [2.75, 3.05) is 85.5 Å². The molecule has 0 aliphatic carbocycles. The Kier molecular flexibility index (Phi) is 46.9. The number of quaternary nitrogens is 1. The molecule has 5 aliphatic heterocycles. The molecule has 9 rings (SSSR count). The number of epoxide rings is 3. The van der Waals surface area contributed by atoms with Gasteiger partial charge in [-0.3, -0.25) is 62.5 Å². The number of ketones is 7. The maximum atomic E-state index is 14.2. The lowest BCUT2D eigenvalue weighted by Gasteiger charge is -2.28. The SMILES string of the molecule is CC(C)C[C@H](C)C(=O)[C@@]1(C)CO1.CC(C)C[C@H](NC(=O)[C@H](CCc1ccccc1)CC(=O)CN1CCOCC1)C(=O)C[C@@H](Cc1ccccc1)C(=O)N[C@@H](CC(C)C)C(=O)[C@@]1(C)CO1.CC(C)C[C@H](NC(=O)[C@H](CCc1ccccc1)CC(=O)CN1CCOCC1)C(=O)C[C@@H](Cc1ccccc1)C(=O)O.CC(C)C[C@H]([NH3+])C(=O)[C@@]1(C)CO1.O=C[O-].S. The number of ether oxygens (including phenoxy) is 5. The third kappa shape index (κ3) is 40.4. The number of aliphatic carboxylic acids is 1. The number of Topliss-reactive ketones (excluding diaryl/α,β-unsaturated/α-hetero) is 7. The van der Waals surface area contributed by atoms with E-state index < -0.39 is 71.0 Å². The van der Waals surface area contributed by atoms with Gasteiger partial charge < -0.3 is 60.4 Å². The minimum absolute atomic E-state index is 0. The van der Waals surface area contributed by atoms with E-state index in [0.29, 0.717) is 136 Å². The van der Waals surface area contributed by atoms with Crippen molar-refractivity contribution in [3.05, 3.63) is 144 Å². The molecule has 7 N–H and O–H groups in total. The summed E-state index contributed by atoms with van der Waals surface area (Å²) in [7, 11) is 0. The van der Waals surface area contributed by atoms with Gasteiger partial charge >= 0.3 is 5.97 Å². The second-order valence-corrected chi connectivity index (χ2v) is 35.8. The summed E-state index contributed by atoms with van der Waals surface area (Å²) in [6.45, 7) is 34.4. The molecule has 26 heteroatoms. The molecule has 0 radical (unpaired) electrons. The molecular formula is C95H142N6O19S. The summed E-state index contributed by atoms with van der Waals surface area (Å²) in [5.74, 6) is -3.62. The summed E-state index contributed by atoms with van der Waals surface area (Å²) in [6, 6.07) is 35.9. The van der Waals surface area contributed by atoms with E-state index in [1.165, 1.54) is 0 Å². The minimum Gasteiger partial charge on any atom is -0.554 e. The van der Waals surface area contributed by atoms with Crippen LogP contribution in [0.3, 0.4) is 0 Å². The van der Waals surface area contributed by atoms with E-state index in [2.05, 4.69) is 54.3 Å². The van der Waals surface area contributed by atoms with Gasteiger partial charge in [0.2, 0.25) is 23.5 Å². The van der Waals surface area contributed by atoms with Crippen molar-refractivity contribution < 1.29 is 97.2 Å². The van der Waals surface area contributed by atoms with E-state index in [-0.39, 0.29) is 147 Å². The monoisotopic (exact) mass is 1700 g/mol. The first-order valence-electron chi connectivity index (χ1n) is 43.3. The fourth-order valence-electron chi connectivity index (χ4n) is 15.0. The van der Waals surface area contributed by atoms with Gasteiger partial charge in [-0.15, -0.1) is 0 Å². The predicted molar refractivity (Wildman–Crippen MR) is 468 cm³/mol. The highest BCUT2D eigenvalue weighted by Crippen LogP contribution is 2.34. The molecule has 0 spiro atoms. The highest BCUT2D eigenvalue weighted by atomic mass is 32.1. The molecular weight excluding hydrogens is 1560 g/mol. The van der Waals surface area contributed by atoms with Gasteiger partial charge in [0.1, 0.15) is 28.8 Å². The van der Waals surface area contributed by atoms with Gasteiger partial charge in [0, 0.05) is 88.4 Å². The number of benzene rings is 4. The summed E-state index contributed by atoms with van der Waals surface area (Å²) in [5.41, 5.74) is 5.93. The van der Waals surface area contributed by atoms with Gasteiger partial charge in [-0.2, -0.15) is 13.5 Å². The standard InChI is InChI=1S/C42H59N3O7.C33H44N2O6.C10H18O2.C9H17NO2.CH2O2.H2S/c1-29(2)22-36(43-40(49)33(17-16-31-12-8-6-9-13-31)25-35(46)27-45-18-20-51-21-19-45)38(47)26-34(24-32-14-10-7-11-15-32)41(50)44-37(23-30(3)4)39(48)42(5)28-52-42;1-24(2)19-30(31(37)22-28(33(39)40)20-26-11-7-4-8-12-26)34-32(38)27(14-13-25-9-5-3-6-10-25)21-29(36)23-35-15-17-41-18-16-35;1-7(2)5-8(3)9(11)10(4)6-12-10;1-6(2)4-7(10)8(11)9(3)5-12-9;2-1-3;/h6-15,29-30,33-34,36-37H,16-28H2,1-5H3,(H,43,49)(H,44,50);3-12,24,27-28,30H,13-23H2,1-2H3,(H,34,38)(H,39,40);7-8H,5-6H2,1-4H3;6-7H,4-5,10H2,1-3H3;1H,(H,2,3);1H2/t33-,34-,36+,37+,42-;27-,28-,30+;8-,10+;7-,9+;;/m1100../s1. The number of hydrogen-bond donors (Lipinski definition) is 5. The highest BCUT2D eigenvalue weighted by molar-refractivity contribution is 7.59. The van der Waals surface area contributed by atoms with Crippen molar-refractivity contribution >= 4 is 84.1 Å². The Morgan fingerprint density at radius 3 is 1.07 bits per heavy atom. The molecule has 3 amide bonds. The molecule has 5 heterocycles.